The number of guanidine groups is 1. The molecule has 2 rings (SSSR count). The molecule has 2 aromatic carbocycles. The van der Waals surface area contributed by atoms with E-state index < -0.39 is 0 Å². The number of aliphatic imine (C=N–C) groups is 1. The number of hydrogen-bond donors (Lipinski definition) is 3. The number of halogens is 3. The van der Waals surface area contributed by atoms with Gasteiger partial charge in [0.2, 0.25) is 0 Å². The van der Waals surface area contributed by atoms with Crippen LogP contribution in [-0.2, 0) is 0 Å². The topological polar surface area (TPSA) is 79.5 Å². The molecule has 1 amide bonds. The van der Waals surface area contributed by atoms with Gasteiger partial charge in [-0.05, 0) is 37.3 Å². The van der Waals surface area contributed by atoms with Crippen LogP contribution in [0.3, 0.4) is 0 Å². The van der Waals surface area contributed by atoms with Crippen molar-refractivity contribution in [2.75, 3.05) is 18.4 Å². The molecule has 0 radical (unpaired) electrons. The van der Waals surface area contributed by atoms with Crippen LogP contribution < -0.4 is 16.4 Å². The van der Waals surface area contributed by atoms with Gasteiger partial charge in [0, 0.05) is 17.8 Å². The molecule has 0 spiro atoms. The average Bonchev–Trinajstić information content (AvgIpc) is 2.56. The number of nitrogens with one attached hydrogen (secondary N) is 2. The Hall–Kier alpha value is -1.51. The van der Waals surface area contributed by atoms with E-state index in [1.165, 1.54) is 11.6 Å². The molecule has 0 heterocycles. The maximum Gasteiger partial charge on any atom is 0.251 e. The second-order valence-corrected chi connectivity index (χ2v) is 5.96. The van der Waals surface area contributed by atoms with Crippen LogP contribution in [0.1, 0.15) is 15.9 Å². The van der Waals surface area contributed by atoms with Crippen LogP contribution in [0.4, 0.5) is 5.69 Å². The third-order valence-corrected chi connectivity index (χ3v) is 3.92. The number of anilines is 1. The van der Waals surface area contributed by atoms with Gasteiger partial charge in [0.05, 0.1) is 16.6 Å². The van der Waals surface area contributed by atoms with Crippen LogP contribution in [0, 0.1) is 6.92 Å². The average molecular weight is 493 g/mol. The Morgan fingerprint density at radius 2 is 1.80 bits per heavy atom. The number of nitrogens with zero attached hydrogens (tertiary/aromatic N) is 1. The van der Waals surface area contributed by atoms with Crippen molar-refractivity contribution in [2.45, 2.75) is 6.92 Å². The lowest BCUT2D eigenvalue weighted by Crippen LogP contribution is -2.28. The molecule has 0 saturated heterocycles. The number of hydrogen-bond acceptors (Lipinski definition) is 2. The minimum atomic E-state index is -0.242. The number of benzene rings is 2. The van der Waals surface area contributed by atoms with Gasteiger partial charge in [-0.1, -0.05) is 40.9 Å². The van der Waals surface area contributed by atoms with Crippen LogP contribution in [0.15, 0.2) is 47.5 Å². The maximum absolute atomic E-state index is 12.0. The fraction of sp³-hybridized carbons (Fsp3) is 0.176. The van der Waals surface area contributed by atoms with E-state index in [2.05, 4.69) is 15.6 Å². The van der Waals surface area contributed by atoms with Gasteiger partial charge in [-0.15, -0.1) is 24.0 Å². The summed E-state index contributed by atoms with van der Waals surface area (Å²) in [6.07, 6.45) is 0. The molecule has 0 aliphatic heterocycles. The summed E-state index contributed by atoms with van der Waals surface area (Å²) >= 11 is 11.7. The molecular weight excluding hydrogens is 474 g/mol. The molecule has 0 atom stereocenters. The molecule has 4 N–H and O–H groups in total. The molecule has 2 aromatic rings. The van der Waals surface area contributed by atoms with E-state index in [1.54, 1.807) is 12.1 Å². The standard InChI is InChI=1S/C17H18Cl2N4O.HI/c1-11-2-5-13(6-3-11)23-17(20)22-9-8-21-16(24)12-4-7-14(18)15(19)10-12;/h2-7,10H,8-9H2,1H3,(H,21,24)(H3,20,22,23);1H. The lowest BCUT2D eigenvalue weighted by Gasteiger charge is -2.07. The molecule has 0 saturated carbocycles. The van der Waals surface area contributed by atoms with Crippen molar-refractivity contribution in [3.63, 3.8) is 0 Å². The highest BCUT2D eigenvalue weighted by atomic mass is 127. The van der Waals surface area contributed by atoms with Crippen LogP contribution in [0.25, 0.3) is 0 Å². The van der Waals surface area contributed by atoms with Gasteiger partial charge in [-0.25, -0.2) is 0 Å². The van der Waals surface area contributed by atoms with E-state index >= 15 is 0 Å². The van der Waals surface area contributed by atoms with Crippen molar-refractivity contribution in [3.05, 3.63) is 63.6 Å². The minimum Gasteiger partial charge on any atom is -0.370 e. The number of rotatable bonds is 5. The minimum absolute atomic E-state index is 0. The second kappa shape index (κ2) is 10.5. The van der Waals surface area contributed by atoms with Crippen molar-refractivity contribution in [3.8, 4) is 0 Å². The van der Waals surface area contributed by atoms with E-state index in [4.69, 9.17) is 28.9 Å². The molecule has 25 heavy (non-hydrogen) atoms. The zero-order valence-corrected chi connectivity index (χ0v) is 17.4. The van der Waals surface area contributed by atoms with Crippen molar-refractivity contribution in [2.24, 2.45) is 10.7 Å². The van der Waals surface area contributed by atoms with Gasteiger partial charge >= 0.3 is 0 Å². The second-order valence-electron chi connectivity index (χ2n) is 5.14. The first-order valence-electron chi connectivity index (χ1n) is 7.32. The zero-order chi connectivity index (χ0) is 17.5. The molecular formula is C17H19Cl2IN4O. The summed E-state index contributed by atoms with van der Waals surface area (Å²) in [5, 5.41) is 6.48. The first-order valence-corrected chi connectivity index (χ1v) is 8.08. The van der Waals surface area contributed by atoms with Gasteiger partial charge in [-0.2, -0.15) is 0 Å². The molecule has 0 bridgehead atoms. The summed E-state index contributed by atoms with van der Waals surface area (Å²) in [6, 6.07) is 12.5. The number of amides is 1. The largest absolute Gasteiger partial charge is 0.370 e. The maximum atomic E-state index is 12.0. The first kappa shape index (κ1) is 21.5. The third kappa shape index (κ3) is 7.09. The Balaban J connectivity index is 0.00000312. The Morgan fingerprint density at radius 1 is 1.12 bits per heavy atom. The first-order chi connectivity index (χ1) is 11.5. The van der Waals surface area contributed by atoms with Gasteiger partial charge < -0.3 is 16.4 Å². The number of carbonyl (C=O) groups excluding carboxylic acids is 1. The fourth-order valence-electron chi connectivity index (χ4n) is 1.91. The Kier molecular flexibility index (Phi) is 9.02. The van der Waals surface area contributed by atoms with Gasteiger partial charge in [-0.3, -0.25) is 9.79 Å². The third-order valence-electron chi connectivity index (χ3n) is 3.19. The van der Waals surface area contributed by atoms with E-state index in [0.717, 1.165) is 5.69 Å². The molecule has 0 aliphatic rings. The van der Waals surface area contributed by atoms with Crippen molar-refractivity contribution < 1.29 is 4.79 Å². The van der Waals surface area contributed by atoms with Gasteiger partial charge in [0.1, 0.15) is 0 Å². The summed E-state index contributed by atoms with van der Waals surface area (Å²) < 4.78 is 0. The monoisotopic (exact) mass is 492 g/mol. The number of nitrogens with two attached hydrogens (primary N) is 1. The predicted molar refractivity (Wildman–Crippen MR) is 116 cm³/mol. The summed E-state index contributed by atoms with van der Waals surface area (Å²) in [7, 11) is 0. The number of aryl methyl sites for hydroxylation is 1. The highest BCUT2D eigenvalue weighted by Crippen LogP contribution is 2.22. The Morgan fingerprint density at radius 3 is 2.44 bits per heavy atom. The summed E-state index contributed by atoms with van der Waals surface area (Å²) in [4.78, 5) is 16.1. The molecule has 8 heteroatoms. The SMILES string of the molecule is Cc1ccc(NC(N)=NCCNC(=O)c2ccc(Cl)c(Cl)c2)cc1.I. The Bertz CT molecular complexity index is 751. The van der Waals surface area contributed by atoms with E-state index in [9.17, 15) is 4.79 Å². The van der Waals surface area contributed by atoms with Crippen LogP contribution in [0.5, 0.6) is 0 Å². The summed E-state index contributed by atoms with van der Waals surface area (Å²) in [6.45, 7) is 2.73. The highest BCUT2D eigenvalue weighted by molar-refractivity contribution is 14.0. The molecule has 0 unspecified atom stereocenters. The molecule has 0 fully saturated rings. The van der Waals surface area contributed by atoms with Gasteiger partial charge in [0.15, 0.2) is 5.96 Å². The van der Waals surface area contributed by atoms with E-state index in [-0.39, 0.29) is 29.9 Å². The molecule has 0 aromatic heterocycles. The quantitative estimate of drug-likeness (QED) is 0.254. The van der Waals surface area contributed by atoms with Crippen molar-refractivity contribution in [1.29, 1.82) is 0 Å². The van der Waals surface area contributed by atoms with Crippen molar-refractivity contribution in [1.82, 2.24) is 5.32 Å². The summed E-state index contributed by atoms with van der Waals surface area (Å²) in [5.74, 6) is 0.0523. The normalized spacial score (nSPS) is 10.8. The lowest BCUT2D eigenvalue weighted by molar-refractivity contribution is 0.0955. The molecule has 0 aliphatic carbocycles. The van der Waals surface area contributed by atoms with E-state index in [1.807, 2.05) is 31.2 Å². The predicted octanol–water partition coefficient (Wildman–Crippen LogP) is 4.08. The Labute approximate surface area is 174 Å². The number of carbonyl (C=O) groups is 1. The van der Waals surface area contributed by atoms with Crippen LogP contribution in [-0.4, -0.2) is 25.0 Å². The van der Waals surface area contributed by atoms with Crippen LogP contribution in [0.2, 0.25) is 10.0 Å². The van der Waals surface area contributed by atoms with Crippen molar-refractivity contribution >= 4 is 64.7 Å². The smallest absolute Gasteiger partial charge is 0.251 e. The highest BCUT2D eigenvalue weighted by Gasteiger charge is 2.07. The molecule has 134 valence electrons. The van der Waals surface area contributed by atoms with Gasteiger partial charge in [0.25, 0.3) is 5.91 Å². The summed E-state index contributed by atoms with van der Waals surface area (Å²) in [5.41, 5.74) is 8.28. The zero-order valence-electron chi connectivity index (χ0n) is 13.6. The molecule has 5 nitrogen and oxygen atoms in total. The lowest BCUT2D eigenvalue weighted by atomic mass is 10.2. The van der Waals surface area contributed by atoms with Crippen LogP contribution >= 0.6 is 47.2 Å². The van der Waals surface area contributed by atoms with E-state index in [0.29, 0.717) is 34.7 Å². The fourth-order valence-corrected chi connectivity index (χ4v) is 2.21.